The largest absolute Gasteiger partial charge is 0.496 e. The molecular formula is C30H40O5. The molecule has 0 aliphatic carbocycles. The first-order valence-electron chi connectivity index (χ1n) is 13.1. The van der Waals surface area contributed by atoms with Gasteiger partial charge in [0.15, 0.2) is 12.6 Å². The predicted molar refractivity (Wildman–Crippen MR) is 138 cm³/mol. The average Bonchev–Trinajstić information content (AvgIpc) is 2.91. The van der Waals surface area contributed by atoms with Gasteiger partial charge in [0.05, 0.1) is 20.3 Å². The Morgan fingerprint density at radius 1 is 0.886 bits per heavy atom. The summed E-state index contributed by atoms with van der Waals surface area (Å²) in [6.45, 7) is 4.23. The zero-order valence-electron chi connectivity index (χ0n) is 21.3. The first-order chi connectivity index (χ1) is 17.2. The molecule has 2 aromatic carbocycles. The maximum atomic E-state index is 6.43. The van der Waals surface area contributed by atoms with Crippen LogP contribution in [0.1, 0.15) is 62.1 Å². The van der Waals surface area contributed by atoms with Crippen molar-refractivity contribution in [2.24, 2.45) is 0 Å². The Morgan fingerprint density at radius 2 is 1.57 bits per heavy atom. The second-order valence-corrected chi connectivity index (χ2v) is 9.54. The Bertz CT molecular complexity index is 927. The molecule has 0 amide bonds. The lowest BCUT2D eigenvalue weighted by molar-refractivity contribution is -0.156. The first-order valence-corrected chi connectivity index (χ1v) is 13.1. The highest BCUT2D eigenvalue weighted by Crippen LogP contribution is 2.34. The van der Waals surface area contributed by atoms with Crippen molar-refractivity contribution in [3.05, 3.63) is 70.8 Å². The molecule has 2 aromatic rings. The minimum atomic E-state index is -0.201. The van der Waals surface area contributed by atoms with E-state index in [9.17, 15) is 0 Å². The molecule has 2 aliphatic rings. The number of rotatable bonds is 11. The number of aryl methyl sites for hydroxylation is 2. The number of hydrogen-bond donors (Lipinski definition) is 0. The quantitative estimate of drug-likeness (QED) is 0.347. The van der Waals surface area contributed by atoms with Crippen LogP contribution in [0.15, 0.2) is 54.1 Å². The molecule has 0 N–H and O–H groups in total. The third kappa shape index (κ3) is 8.09. The maximum Gasteiger partial charge on any atom is 0.199 e. The Labute approximate surface area is 210 Å². The van der Waals surface area contributed by atoms with E-state index in [1.165, 1.54) is 23.1 Å². The predicted octanol–water partition coefficient (Wildman–Crippen LogP) is 6.42. The van der Waals surface area contributed by atoms with Crippen molar-refractivity contribution < 1.29 is 23.7 Å². The molecule has 4 rings (SSSR count). The van der Waals surface area contributed by atoms with E-state index < -0.39 is 0 Å². The molecule has 0 aromatic heterocycles. The number of hydrogen-bond acceptors (Lipinski definition) is 5. The lowest BCUT2D eigenvalue weighted by Crippen LogP contribution is -2.25. The van der Waals surface area contributed by atoms with E-state index in [2.05, 4.69) is 55.5 Å². The van der Waals surface area contributed by atoms with Gasteiger partial charge < -0.3 is 23.7 Å². The van der Waals surface area contributed by atoms with Crippen LogP contribution in [0.4, 0.5) is 0 Å². The third-order valence-electron chi connectivity index (χ3n) is 6.68. The summed E-state index contributed by atoms with van der Waals surface area (Å²) in [7, 11) is 1.74. The third-order valence-corrected chi connectivity index (χ3v) is 6.68. The van der Waals surface area contributed by atoms with Gasteiger partial charge in [0.2, 0.25) is 0 Å². The number of methoxy groups -OCH3 is 1. The molecule has 0 radical (unpaired) electrons. The SMILES string of the molecule is COc1cc(CCc2ccccc2)cc(OC2CCCCO2)c1C/C=C(/C)COC1CCCCO1. The van der Waals surface area contributed by atoms with Crippen LogP contribution in [0.3, 0.4) is 0 Å². The highest BCUT2D eigenvalue weighted by Gasteiger charge is 2.20. The van der Waals surface area contributed by atoms with Gasteiger partial charge in [0, 0.05) is 18.6 Å². The number of ether oxygens (including phenoxy) is 5. The van der Waals surface area contributed by atoms with Crippen LogP contribution in [0.25, 0.3) is 0 Å². The fourth-order valence-corrected chi connectivity index (χ4v) is 4.59. The van der Waals surface area contributed by atoms with Gasteiger partial charge >= 0.3 is 0 Å². The molecule has 2 aliphatic heterocycles. The zero-order chi connectivity index (χ0) is 24.3. The molecule has 190 valence electrons. The van der Waals surface area contributed by atoms with Crippen molar-refractivity contribution in [3.63, 3.8) is 0 Å². The lowest BCUT2D eigenvalue weighted by Gasteiger charge is -2.26. The molecule has 0 spiro atoms. The summed E-state index contributed by atoms with van der Waals surface area (Å²) < 4.78 is 29.8. The molecule has 5 nitrogen and oxygen atoms in total. The van der Waals surface area contributed by atoms with Crippen LogP contribution in [0.2, 0.25) is 0 Å². The number of allylic oxidation sites excluding steroid dienone is 1. The maximum absolute atomic E-state index is 6.43. The van der Waals surface area contributed by atoms with Crippen molar-refractivity contribution in [2.45, 2.75) is 77.3 Å². The Kier molecular flexibility index (Phi) is 10.1. The fraction of sp³-hybridized carbons (Fsp3) is 0.533. The lowest BCUT2D eigenvalue weighted by atomic mass is 9.99. The Hall–Kier alpha value is -2.34. The Balaban J connectivity index is 1.48. The van der Waals surface area contributed by atoms with Gasteiger partial charge in [0.1, 0.15) is 11.5 Å². The average molecular weight is 481 g/mol. The normalized spacial score (nSPS) is 21.0. The van der Waals surface area contributed by atoms with E-state index in [4.69, 9.17) is 23.7 Å². The van der Waals surface area contributed by atoms with Crippen LogP contribution in [-0.4, -0.2) is 39.5 Å². The van der Waals surface area contributed by atoms with Gasteiger partial charge in [0.25, 0.3) is 0 Å². The van der Waals surface area contributed by atoms with Crippen molar-refractivity contribution in [1.29, 1.82) is 0 Å². The van der Waals surface area contributed by atoms with Gasteiger partial charge in [-0.25, -0.2) is 0 Å². The van der Waals surface area contributed by atoms with E-state index in [0.29, 0.717) is 13.0 Å². The van der Waals surface area contributed by atoms with Crippen LogP contribution in [0, 0.1) is 0 Å². The standard InChI is InChI=1S/C30H40O5/c1-23(22-34-29-12-6-8-18-32-29)14-17-26-27(31-2)20-25(16-15-24-10-4-3-5-11-24)21-28(26)35-30-13-7-9-19-33-30/h3-5,10-11,14,20-21,29-30H,6-9,12-13,15-19,22H2,1-2H3/b23-14-. The molecule has 5 heteroatoms. The van der Waals surface area contributed by atoms with Crippen molar-refractivity contribution >= 4 is 0 Å². The van der Waals surface area contributed by atoms with E-state index in [1.807, 2.05) is 0 Å². The molecule has 0 bridgehead atoms. The molecule has 2 saturated heterocycles. The molecule has 2 fully saturated rings. The highest BCUT2D eigenvalue weighted by atomic mass is 16.7. The van der Waals surface area contributed by atoms with E-state index in [-0.39, 0.29) is 12.6 Å². The van der Waals surface area contributed by atoms with Crippen LogP contribution in [-0.2, 0) is 33.5 Å². The molecule has 35 heavy (non-hydrogen) atoms. The second kappa shape index (κ2) is 13.7. The summed E-state index contributed by atoms with van der Waals surface area (Å²) in [5, 5.41) is 0. The molecule has 0 saturated carbocycles. The summed E-state index contributed by atoms with van der Waals surface area (Å²) in [6, 6.07) is 14.9. The van der Waals surface area contributed by atoms with Gasteiger partial charge in [-0.1, -0.05) is 42.0 Å². The minimum Gasteiger partial charge on any atom is -0.496 e. The zero-order valence-corrected chi connectivity index (χ0v) is 21.3. The highest BCUT2D eigenvalue weighted by molar-refractivity contribution is 5.49. The summed E-state index contributed by atoms with van der Waals surface area (Å²) >= 11 is 0. The molecule has 2 unspecified atom stereocenters. The van der Waals surface area contributed by atoms with Crippen LogP contribution >= 0.6 is 0 Å². The van der Waals surface area contributed by atoms with Gasteiger partial charge in [-0.05, 0) is 81.5 Å². The fourth-order valence-electron chi connectivity index (χ4n) is 4.59. The summed E-state index contributed by atoms with van der Waals surface area (Å²) in [6.07, 6.45) is 11.0. The van der Waals surface area contributed by atoms with Crippen molar-refractivity contribution in [3.8, 4) is 11.5 Å². The first kappa shape index (κ1) is 25.7. The van der Waals surface area contributed by atoms with Gasteiger partial charge in [-0.15, -0.1) is 0 Å². The van der Waals surface area contributed by atoms with Crippen LogP contribution in [0.5, 0.6) is 11.5 Å². The van der Waals surface area contributed by atoms with E-state index in [0.717, 1.165) is 75.2 Å². The summed E-state index contributed by atoms with van der Waals surface area (Å²) in [5.41, 5.74) is 4.76. The monoisotopic (exact) mass is 480 g/mol. The summed E-state index contributed by atoms with van der Waals surface area (Å²) in [5.74, 6) is 1.72. The van der Waals surface area contributed by atoms with Crippen molar-refractivity contribution in [2.75, 3.05) is 26.9 Å². The smallest absolute Gasteiger partial charge is 0.199 e. The van der Waals surface area contributed by atoms with Crippen LogP contribution < -0.4 is 9.47 Å². The number of benzene rings is 2. The summed E-state index contributed by atoms with van der Waals surface area (Å²) in [4.78, 5) is 0. The molecule has 2 heterocycles. The molecular weight excluding hydrogens is 440 g/mol. The molecule has 2 atom stereocenters. The van der Waals surface area contributed by atoms with E-state index in [1.54, 1.807) is 7.11 Å². The van der Waals surface area contributed by atoms with Gasteiger partial charge in [-0.2, -0.15) is 0 Å². The van der Waals surface area contributed by atoms with E-state index >= 15 is 0 Å². The second-order valence-electron chi connectivity index (χ2n) is 9.54. The van der Waals surface area contributed by atoms with Crippen molar-refractivity contribution in [1.82, 2.24) is 0 Å². The van der Waals surface area contributed by atoms with Gasteiger partial charge in [-0.3, -0.25) is 0 Å². The topological polar surface area (TPSA) is 46.2 Å². The Morgan fingerprint density at radius 3 is 2.26 bits per heavy atom. The minimum absolute atomic E-state index is 0.0760.